The zero-order valence-corrected chi connectivity index (χ0v) is 55.3. The van der Waals surface area contributed by atoms with Crippen LogP contribution < -0.4 is 5.32 Å². The van der Waals surface area contributed by atoms with E-state index >= 15 is 0 Å². The molecule has 0 heterocycles. The van der Waals surface area contributed by atoms with Gasteiger partial charge in [0, 0.05) is 12.8 Å². The van der Waals surface area contributed by atoms with Crippen LogP contribution in [0, 0.1) is 0 Å². The van der Waals surface area contributed by atoms with E-state index in [0.717, 1.165) is 44.9 Å². The highest BCUT2D eigenvalue weighted by molar-refractivity contribution is 5.76. The van der Waals surface area contributed by atoms with Crippen molar-refractivity contribution in [2.24, 2.45) is 0 Å². The number of ether oxygens (including phenoxy) is 1. The molecule has 6 heteroatoms. The van der Waals surface area contributed by atoms with Crippen molar-refractivity contribution in [1.82, 2.24) is 5.32 Å². The van der Waals surface area contributed by atoms with Crippen molar-refractivity contribution in [3.63, 3.8) is 0 Å². The number of hydrogen-bond donors (Lipinski definition) is 3. The Balaban J connectivity index is 3.36. The number of rotatable bonds is 71. The summed E-state index contributed by atoms with van der Waals surface area (Å²) in [5.41, 5.74) is 0. The fourth-order valence-electron chi connectivity index (χ4n) is 12.1. The fraction of sp³-hybridized carbons (Fsp3) is 0.947. The minimum Gasteiger partial charge on any atom is -0.466 e. The first-order chi connectivity index (χ1) is 40.0. The first kappa shape index (κ1) is 79.6. The third kappa shape index (κ3) is 67.6. The monoisotopic (exact) mass is 1140 g/mol. The maximum atomic E-state index is 12.6. The third-order valence-corrected chi connectivity index (χ3v) is 17.8. The number of carbonyl (C=O) groups is 2. The number of allylic oxidation sites excluding steroid dienone is 2. The lowest BCUT2D eigenvalue weighted by Crippen LogP contribution is -2.45. The Labute approximate surface area is 508 Å². The van der Waals surface area contributed by atoms with Crippen LogP contribution in [0.25, 0.3) is 0 Å². The normalized spacial score (nSPS) is 12.5. The Kier molecular flexibility index (Phi) is 69.9. The van der Waals surface area contributed by atoms with Gasteiger partial charge in [-0.25, -0.2) is 0 Å². The highest BCUT2D eigenvalue weighted by Gasteiger charge is 2.20. The molecule has 0 spiro atoms. The van der Waals surface area contributed by atoms with E-state index in [2.05, 4.69) is 31.3 Å². The summed E-state index contributed by atoms with van der Waals surface area (Å²) in [6, 6.07) is -0.542. The summed E-state index contributed by atoms with van der Waals surface area (Å²) in [5.74, 6) is -0.0191. The van der Waals surface area contributed by atoms with E-state index in [1.165, 1.54) is 353 Å². The van der Waals surface area contributed by atoms with Crippen LogP contribution in [0.15, 0.2) is 12.2 Å². The first-order valence-electron chi connectivity index (χ1n) is 37.4. The molecule has 0 fully saturated rings. The van der Waals surface area contributed by atoms with Gasteiger partial charge >= 0.3 is 5.97 Å². The van der Waals surface area contributed by atoms with E-state index in [-0.39, 0.29) is 18.5 Å². The molecular formula is C75H147NO5. The molecule has 0 aliphatic rings. The zero-order valence-electron chi connectivity index (χ0n) is 55.3. The van der Waals surface area contributed by atoms with Crippen LogP contribution in [0.2, 0.25) is 0 Å². The van der Waals surface area contributed by atoms with Crippen LogP contribution in [-0.2, 0) is 14.3 Å². The maximum absolute atomic E-state index is 12.6. The largest absolute Gasteiger partial charge is 0.466 e. The van der Waals surface area contributed by atoms with Gasteiger partial charge in [-0.1, -0.05) is 379 Å². The fourth-order valence-corrected chi connectivity index (χ4v) is 12.1. The molecular weight excluding hydrogens is 995 g/mol. The molecule has 0 bridgehead atoms. The minimum absolute atomic E-state index is 0.00895. The van der Waals surface area contributed by atoms with E-state index < -0.39 is 12.1 Å². The molecule has 482 valence electrons. The SMILES string of the molecule is CCCCCCCC/C=C\CCCCCCCC(=O)OCCCCCCCCCCCCCCCCCCCCCCCCCCC(=O)NC(CO)C(O)CCCCCCCCCCCCCCCCCCCCCCCCCCC. The summed E-state index contributed by atoms with van der Waals surface area (Å²) in [5, 5.41) is 23.5. The Hall–Kier alpha value is -1.40. The van der Waals surface area contributed by atoms with Gasteiger partial charge in [0.2, 0.25) is 5.91 Å². The number of hydrogen-bond acceptors (Lipinski definition) is 5. The summed E-state index contributed by atoms with van der Waals surface area (Å²) in [6.45, 7) is 4.99. The topological polar surface area (TPSA) is 95.9 Å². The highest BCUT2D eigenvalue weighted by atomic mass is 16.5. The Morgan fingerprint density at radius 2 is 0.580 bits per heavy atom. The Morgan fingerprint density at radius 3 is 0.877 bits per heavy atom. The zero-order chi connectivity index (χ0) is 58.5. The van der Waals surface area contributed by atoms with Crippen LogP contribution in [0.5, 0.6) is 0 Å². The number of carbonyl (C=O) groups excluding carboxylic acids is 2. The molecule has 0 aliphatic carbocycles. The van der Waals surface area contributed by atoms with Crippen molar-refractivity contribution < 1.29 is 24.5 Å². The summed E-state index contributed by atoms with van der Waals surface area (Å²) in [7, 11) is 0. The third-order valence-electron chi connectivity index (χ3n) is 17.8. The lowest BCUT2D eigenvalue weighted by atomic mass is 10.0. The highest BCUT2D eigenvalue weighted by Crippen LogP contribution is 2.20. The van der Waals surface area contributed by atoms with Crippen molar-refractivity contribution in [3.8, 4) is 0 Å². The van der Waals surface area contributed by atoms with Crippen LogP contribution in [-0.4, -0.2) is 47.4 Å². The van der Waals surface area contributed by atoms with Crippen molar-refractivity contribution in [2.75, 3.05) is 13.2 Å². The predicted octanol–water partition coefficient (Wildman–Crippen LogP) is 24.3. The van der Waals surface area contributed by atoms with Crippen molar-refractivity contribution in [3.05, 3.63) is 12.2 Å². The van der Waals surface area contributed by atoms with E-state index in [4.69, 9.17) is 4.74 Å². The second-order valence-electron chi connectivity index (χ2n) is 26.0. The van der Waals surface area contributed by atoms with Crippen molar-refractivity contribution in [1.29, 1.82) is 0 Å². The van der Waals surface area contributed by atoms with Crippen LogP contribution in [0.4, 0.5) is 0 Å². The molecule has 0 aliphatic heterocycles. The van der Waals surface area contributed by atoms with Crippen molar-refractivity contribution >= 4 is 11.9 Å². The summed E-state index contributed by atoms with van der Waals surface area (Å²) in [4.78, 5) is 24.6. The van der Waals surface area contributed by atoms with Gasteiger partial charge in [0.1, 0.15) is 0 Å². The molecule has 81 heavy (non-hydrogen) atoms. The molecule has 0 saturated carbocycles. The standard InChI is InChI=1S/C75H147NO5/c1-3-5-7-9-11-13-15-17-19-20-21-22-23-24-27-30-33-36-40-43-47-51-55-59-63-67-73(78)72(71-77)76-74(79)68-64-60-56-52-48-44-41-37-34-31-28-25-26-29-32-35-38-42-46-50-54-58-62-66-70-81-75(80)69-65-61-57-53-49-45-39-18-16-14-12-10-8-6-4-2/h18,39,72-73,77-78H,3-17,19-38,40-71H2,1-2H3,(H,76,79)/b39-18-. The quantitative estimate of drug-likeness (QED) is 0.0320. The average molecular weight is 1140 g/mol. The number of aliphatic hydroxyl groups excluding tert-OH is 2. The molecule has 1 amide bonds. The lowest BCUT2D eigenvalue weighted by molar-refractivity contribution is -0.143. The van der Waals surface area contributed by atoms with E-state index in [1.807, 2.05) is 0 Å². The van der Waals surface area contributed by atoms with Gasteiger partial charge in [0.05, 0.1) is 25.4 Å². The van der Waals surface area contributed by atoms with Gasteiger partial charge in [-0.15, -0.1) is 0 Å². The predicted molar refractivity (Wildman–Crippen MR) is 357 cm³/mol. The number of nitrogens with one attached hydrogen (secondary N) is 1. The molecule has 0 aromatic heterocycles. The van der Waals surface area contributed by atoms with Gasteiger partial charge in [0.25, 0.3) is 0 Å². The maximum Gasteiger partial charge on any atom is 0.305 e. The first-order valence-corrected chi connectivity index (χ1v) is 37.4. The second-order valence-corrected chi connectivity index (χ2v) is 26.0. The van der Waals surface area contributed by atoms with Gasteiger partial charge in [-0.05, 0) is 51.4 Å². The molecule has 0 aromatic rings. The second kappa shape index (κ2) is 71.1. The Bertz CT molecular complexity index is 1220. The van der Waals surface area contributed by atoms with Gasteiger partial charge in [-0.2, -0.15) is 0 Å². The summed E-state index contributed by atoms with van der Waals surface area (Å²) >= 11 is 0. The Morgan fingerprint density at radius 1 is 0.333 bits per heavy atom. The molecule has 2 atom stereocenters. The molecule has 0 aromatic carbocycles. The number of esters is 1. The molecule has 0 radical (unpaired) electrons. The molecule has 0 saturated heterocycles. The van der Waals surface area contributed by atoms with Crippen molar-refractivity contribution in [2.45, 2.75) is 443 Å². The van der Waals surface area contributed by atoms with E-state index in [1.54, 1.807) is 0 Å². The van der Waals surface area contributed by atoms with Gasteiger partial charge < -0.3 is 20.3 Å². The van der Waals surface area contributed by atoms with Gasteiger partial charge in [0.15, 0.2) is 0 Å². The molecule has 6 nitrogen and oxygen atoms in total. The van der Waals surface area contributed by atoms with E-state index in [0.29, 0.717) is 25.9 Å². The van der Waals surface area contributed by atoms with E-state index in [9.17, 15) is 19.8 Å². The smallest absolute Gasteiger partial charge is 0.305 e. The number of unbranched alkanes of at least 4 members (excludes halogenated alkanes) is 58. The van der Waals surface area contributed by atoms with Gasteiger partial charge in [-0.3, -0.25) is 9.59 Å². The lowest BCUT2D eigenvalue weighted by Gasteiger charge is -2.22. The molecule has 2 unspecified atom stereocenters. The summed E-state index contributed by atoms with van der Waals surface area (Å²) in [6.07, 6.45) is 88.5. The van der Waals surface area contributed by atoms with Crippen LogP contribution >= 0.6 is 0 Å². The van der Waals surface area contributed by atoms with Crippen LogP contribution in [0.3, 0.4) is 0 Å². The number of amides is 1. The number of aliphatic hydroxyl groups is 2. The molecule has 0 rings (SSSR count). The average Bonchev–Trinajstić information content (AvgIpc) is 3.47. The molecule has 3 N–H and O–H groups in total. The summed E-state index contributed by atoms with van der Waals surface area (Å²) < 4.78 is 5.49. The van der Waals surface area contributed by atoms with Crippen LogP contribution in [0.1, 0.15) is 431 Å². The minimum atomic E-state index is -0.665.